The second kappa shape index (κ2) is 7.20. The summed E-state index contributed by atoms with van der Waals surface area (Å²) in [6.45, 7) is 1.24. The normalized spacial score (nSPS) is 18.0. The number of pyridine rings is 1. The van der Waals surface area contributed by atoms with Gasteiger partial charge in [0.1, 0.15) is 18.1 Å². The molecule has 0 spiro atoms. The Labute approximate surface area is 154 Å². The van der Waals surface area contributed by atoms with Crippen LogP contribution >= 0.6 is 15.9 Å². The van der Waals surface area contributed by atoms with Crippen LogP contribution in [0.1, 0.15) is 17.2 Å². The Morgan fingerprint density at radius 2 is 2.00 bits per heavy atom. The fourth-order valence-corrected chi connectivity index (χ4v) is 3.27. The number of alkyl halides is 3. The van der Waals surface area contributed by atoms with E-state index in [1.165, 1.54) is 24.4 Å². The molecule has 0 radical (unpaired) electrons. The average molecular weight is 432 g/mol. The van der Waals surface area contributed by atoms with E-state index >= 15 is 0 Å². The lowest BCUT2D eigenvalue weighted by atomic mass is 10.1. The van der Waals surface area contributed by atoms with Gasteiger partial charge in [0, 0.05) is 19.2 Å². The van der Waals surface area contributed by atoms with Crippen LogP contribution in [0.2, 0.25) is 0 Å². The van der Waals surface area contributed by atoms with E-state index in [0.717, 1.165) is 12.1 Å². The number of halogens is 4. The number of anilines is 1. The van der Waals surface area contributed by atoms with Crippen LogP contribution in [0.3, 0.4) is 0 Å². The molecule has 138 valence electrons. The van der Waals surface area contributed by atoms with Gasteiger partial charge in [-0.05, 0) is 33.6 Å². The molecule has 26 heavy (non-hydrogen) atoms. The highest BCUT2D eigenvalue weighted by Gasteiger charge is 2.31. The zero-order valence-electron chi connectivity index (χ0n) is 13.2. The third-order valence-corrected chi connectivity index (χ3v) is 4.58. The van der Waals surface area contributed by atoms with Gasteiger partial charge in [0.25, 0.3) is 5.69 Å². The minimum Gasteiger partial charge on any atom is -0.370 e. The monoisotopic (exact) mass is 431 g/mol. The number of aromatic nitrogens is 1. The number of hydrogen-bond donors (Lipinski definition) is 0. The first kappa shape index (κ1) is 18.6. The Morgan fingerprint density at radius 1 is 1.31 bits per heavy atom. The van der Waals surface area contributed by atoms with Gasteiger partial charge in [0.2, 0.25) is 0 Å². The molecule has 10 heteroatoms. The van der Waals surface area contributed by atoms with Crippen molar-refractivity contribution < 1.29 is 22.8 Å². The molecule has 1 atom stereocenters. The molecule has 1 aliphatic rings. The van der Waals surface area contributed by atoms with E-state index in [1.807, 2.05) is 4.90 Å². The van der Waals surface area contributed by atoms with E-state index in [1.54, 1.807) is 0 Å². The molecule has 3 rings (SSSR count). The second-order valence-corrected chi connectivity index (χ2v) is 6.54. The summed E-state index contributed by atoms with van der Waals surface area (Å²) in [5, 5.41) is 10.8. The summed E-state index contributed by atoms with van der Waals surface area (Å²) < 4.78 is 44.2. The Morgan fingerprint density at radius 3 is 2.58 bits per heavy atom. The lowest BCUT2D eigenvalue weighted by Gasteiger charge is -2.34. The van der Waals surface area contributed by atoms with Crippen LogP contribution in [-0.4, -0.2) is 29.6 Å². The van der Waals surface area contributed by atoms with Gasteiger partial charge in [-0.25, -0.2) is 4.98 Å². The highest BCUT2D eigenvalue weighted by atomic mass is 79.9. The SMILES string of the molecule is O=[N+]([O-])c1cnc(N2CCOC(c3ccc(C(F)(F)F)cc3)C2)c(Br)c1. The summed E-state index contributed by atoms with van der Waals surface area (Å²) in [4.78, 5) is 16.3. The van der Waals surface area contributed by atoms with E-state index in [0.29, 0.717) is 35.6 Å². The molecule has 1 aromatic heterocycles. The van der Waals surface area contributed by atoms with Crippen molar-refractivity contribution in [3.63, 3.8) is 0 Å². The lowest BCUT2D eigenvalue weighted by Crippen LogP contribution is -2.39. The number of ether oxygens (including phenoxy) is 1. The Kier molecular flexibility index (Phi) is 5.15. The van der Waals surface area contributed by atoms with Gasteiger partial charge in [-0.3, -0.25) is 10.1 Å². The standard InChI is InChI=1S/C16H13BrF3N3O3/c17-13-7-12(23(24)25)8-21-15(13)22-5-6-26-14(9-22)10-1-3-11(4-2-10)16(18,19)20/h1-4,7-8,14H,5-6,9H2. The molecule has 6 nitrogen and oxygen atoms in total. The number of hydrogen-bond acceptors (Lipinski definition) is 5. The highest BCUT2D eigenvalue weighted by Crippen LogP contribution is 2.33. The molecule has 2 aromatic rings. The molecule has 0 aliphatic carbocycles. The molecule has 1 aliphatic heterocycles. The summed E-state index contributed by atoms with van der Waals surface area (Å²) in [6.07, 6.45) is -3.64. The largest absolute Gasteiger partial charge is 0.416 e. The van der Waals surface area contributed by atoms with Crippen molar-refractivity contribution in [2.24, 2.45) is 0 Å². The van der Waals surface area contributed by atoms with Crippen LogP contribution in [0.5, 0.6) is 0 Å². The average Bonchev–Trinajstić information content (AvgIpc) is 2.61. The molecular weight excluding hydrogens is 419 g/mol. The first-order valence-electron chi connectivity index (χ1n) is 7.59. The molecule has 1 saturated heterocycles. The summed E-state index contributed by atoms with van der Waals surface area (Å²) in [7, 11) is 0. The van der Waals surface area contributed by atoms with Gasteiger partial charge < -0.3 is 9.64 Å². The fourth-order valence-electron chi connectivity index (χ4n) is 2.68. The van der Waals surface area contributed by atoms with Crippen molar-refractivity contribution in [3.05, 3.63) is 62.2 Å². The van der Waals surface area contributed by atoms with Crippen LogP contribution < -0.4 is 4.90 Å². The molecule has 1 fully saturated rings. The van der Waals surface area contributed by atoms with Gasteiger partial charge in [0.05, 0.1) is 21.6 Å². The fraction of sp³-hybridized carbons (Fsp3) is 0.312. The molecule has 1 aromatic carbocycles. The Balaban J connectivity index is 1.78. The Hall–Kier alpha value is -2.20. The number of morpholine rings is 1. The maximum atomic E-state index is 12.7. The summed E-state index contributed by atoms with van der Waals surface area (Å²) in [6, 6.07) is 6.21. The van der Waals surface area contributed by atoms with E-state index in [-0.39, 0.29) is 5.69 Å². The number of rotatable bonds is 3. The topological polar surface area (TPSA) is 68.5 Å². The van der Waals surface area contributed by atoms with Crippen LogP contribution in [0, 0.1) is 10.1 Å². The van der Waals surface area contributed by atoms with E-state index in [4.69, 9.17) is 4.74 Å². The van der Waals surface area contributed by atoms with Crippen molar-refractivity contribution in [3.8, 4) is 0 Å². The molecule has 0 bridgehead atoms. The number of nitrogens with zero attached hydrogens (tertiary/aromatic N) is 3. The van der Waals surface area contributed by atoms with Crippen LogP contribution in [-0.2, 0) is 10.9 Å². The van der Waals surface area contributed by atoms with Gasteiger partial charge >= 0.3 is 6.18 Å². The quantitative estimate of drug-likeness (QED) is 0.533. The molecule has 2 heterocycles. The van der Waals surface area contributed by atoms with Gasteiger partial charge in [-0.2, -0.15) is 13.2 Å². The predicted molar refractivity (Wildman–Crippen MR) is 90.9 cm³/mol. The molecule has 0 amide bonds. The van der Waals surface area contributed by atoms with Crippen molar-refractivity contribution in [2.45, 2.75) is 12.3 Å². The van der Waals surface area contributed by atoms with Gasteiger partial charge in [-0.1, -0.05) is 12.1 Å². The van der Waals surface area contributed by atoms with Crippen LogP contribution in [0.15, 0.2) is 41.0 Å². The predicted octanol–water partition coefficient (Wildman–Crippen LogP) is 4.35. The highest BCUT2D eigenvalue weighted by molar-refractivity contribution is 9.10. The van der Waals surface area contributed by atoms with Gasteiger partial charge in [-0.15, -0.1) is 0 Å². The lowest BCUT2D eigenvalue weighted by molar-refractivity contribution is -0.385. The molecule has 0 saturated carbocycles. The van der Waals surface area contributed by atoms with Crippen LogP contribution in [0.25, 0.3) is 0 Å². The minimum atomic E-state index is -4.38. The van der Waals surface area contributed by atoms with E-state index in [9.17, 15) is 23.3 Å². The number of benzene rings is 1. The van der Waals surface area contributed by atoms with Crippen molar-refractivity contribution >= 4 is 27.4 Å². The smallest absolute Gasteiger partial charge is 0.370 e. The zero-order chi connectivity index (χ0) is 18.9. The van der Waals surface area contributed by atoms with Crippen molar-refractivity contribution in [2.75, 3.05) is 24.6 Å². The first-order chi connectivity index (χ1) is 12.3. The Bertz CT molecular complexity index is 815. The van der Waals surface area contributed by atoms with Gasteiger partial charge in [0.15, 0.2) is 0 Å². The zero-order valence-corrected chi connectivity index (χ0v) is 14.8. The third kappa shape index (κ3) is 3.96. The summed E-state index contributed by atoms with van der Waals surface area (Å²) in [5.74, 6) is 0.524. The van der Waals surface area contributed by atoms with Crippen LogP contribution in [0.4, 0.5) is 24.7 Å². The van der Waals surface area contributed by atoms with E-state index in [2.05, 4.69) is 20.9 Å². The summed E-state index contributed by atoms with van der Waals surface area (Å²) >= 11 is 3.28. The third-order valence-electron chi connectivity index (χ3n) is 3.99. The minimum absolute atomic E-state index is 0.131. The van der Waals surface area contributed by atoms with Crippen molar-refractivity contribution in [1.29, 1.82) is 0 Å². The molecular formula is C16H13BrF3N3O3. The number of nitro groups is 1. The van der Waals surface area contributed by atoms with Crippen molar-refractivity contribution in [1.82, 2.24) is 4.98 Å². The molecule has 1 unspecified atom stereocenters. The summed E-state index contributed by atoms with van der Waals surface area (Å²) in [5.41, 5.74) is -0.220. The second-order valence-electron chi connectivity index (χ2n) is 5.68. The maximum Gasteiger partial charge on any atom is 0.416 e. The van der Waals surface area contributed by atoms with E-state index < -0.39 is 22.8 Å². The maximum absolute atomic E-state index is 12.7. The molecule has 0 N–H and O–H groups in total. The first-order valence-corrected chi connectivity index (χ1v) is 8.38.